The van der Waals surface area contributed by atoms with Crippen molar-refractivity contribution in [3.05, 3.63) is 12.2 Å². The Kier molecular flexibility index (Phi) is 13.4. The molecule has 0 unspecified atom stereocenters. The number of aliphatic hydroxyl groups is 2. The second-order valence-corrected chi connectivity index (χ2v) is 9.84. The molecule has 14 heteroatoms. The van der Waals surface area contributed by atoms with Crippen LogP contribution in [0.4, 0.5) is 0 Å². The highest BCUT2D eigenvalue weighted by molar-refractivity contribution is 6.12. The molecule has 0 bridgehead atoms. The number of hydrogen-bond donors (Lipinski definition) is 4. The van der Waals surface area contributed by atoms with Crippen LogP contribution in [0.15, 0.2) is 12.2 Å². The maximum atomic E-state index is 12.7. The van der Waals surface area contributed by atoms with Crippen LogP contribution >= 0.6 is 0 Å². The molecule has 0 aromatic rings. The van der Waals surface area contributed by atoms with Crippen LogP contribution in [0, 0.1) is 5.92 Å². The van der Waals surface area contributed by atoms with Crippen molar-refractivity contribution in [2.24, 2.45) is 5.92 Å². The number of carbonyl (C=O) groups excluding carboxylic acids is 7. The number of carbonyl (C=O) groups is 7. The summed E-state index contributed by atoms with van der Waals surface area (Å²) in [6.07, 6.45) is 3.49. The van der Waals surface area contributed by atoms with Crippen LogP contribution in [0.5, 0.6) is 0 Å². The predicted molar refractivity (Wildman–Crippen MR) is 137 cm³/mol. The molecule has 0 aromatic heterocycles. The maximum absolute atomic E-state index is 12.7. The van der Waals surface area contributed by atoms with E-state index in [0.717, 1.165) is 4.90 Å². The number of aliphatic hydroxyl groups excluding tert-OH is 2. The molecule has 40 heavy (non-hydrogen) atoms. The number of rotatable bonds is 18. The van der Waals surface area contributed by atoms with E-state index in [1.165, 1.54) is 12.2 Å². The highest BCUT2D eigenvalue weighted by Gasteiger charge is 2.35. The Balaban J connectivity index is 1.80. The summed E-state index contributed by atoms with van der Waals surface area (Å²) in [7, 11) is 0. The van der Waals surface area contributed by atoms with E-state index in [9.17, 15) is 38.7 Å². The molecule has 1 saturated heterocycles. The fourth-order valence-electron chi connectivity index (χ4n) is 4.02. The Hall–Kier alpha value is -3.65. The van der Waals surface area contributed by atoms with E-state index in [2.05, 4.69) is 10.6 Å². The van der Waals surface area contributed by atoms with Gasteiger partial charge < -0.3 is 25.7 Å². The highest BCUT2D eigenvalue weighted by atomic mass is 16.7. The summed E-state index contributed by atoms with van der Waals surface area (Å²) in [6.45, 7) is 2.05. The van der Waals surface area contributed by atoms with Gasteiger partial charge in [0.1, 0.15) is 6.04 Å². The van der Waals surface area contributed by atoms with Gasteiger partial charge in [-0.1, -0.05) is 13.3 Å². The lowest BCUT2D eigenvalue weighted by Gasteiger charge is -2.20. The number of hydrogen-bond acceptors (Lipinski definition) is 10. The Labute approximate surface area is 232 Å². The zero-order valence-corrected chi connectivity index (χ0v) is 22.6. The molecule has 2 rings (SSSR count). The van der Waals surface area contributed by atoms with Crippen LogP contribution in [-0.4, -0.2) is 93.4 Å². The third kappa shape index (κ3) is 10.5. The van der Waals surface area contributed by atoms with Gasteiger partial charge in [-0.3, -0.25) is 33.7 Å². The summed E-state index contributed by atoms with van der Waals surface area (Å²) in [5, 5.41) is 24.5. The average Bonchev–Trinajstić information content (AvgIpc) is 3.42. The van der Waals surface area contributed by atoms with Crippen LogP contribution in [0.2, 0.25) is 0 Å². The molecule has 2 aliphatic rings. The van der Waals surface area contributed by atoms with E-state index in [4.69, 9.17) is 9.94 Å². The van der Waals surface area contributed by atoms with E-state index in [0.29, 0.717) is 37.2 Å². The molecular weight excluding hydrogens is 528 g/mol. The van der Waals surface area contributed by atoms with Gasteiger partial charge in [0.15, 0.2) is 0 Å². The molecule has 6 amide bonds. The van der Waals surface area contributed by atoms with Gasteiger partial charge >= 0.3 is 5.97 Å². The molecule has 0 aromatic carbocycles. The fourth-order valence-corrected chi connectivity index (χ4v) is 4.02. The Bertz CT molecular complexity index is 964. The Morgan fingerprint density at radius 3 is 2.20 bits per heavy atom. The number of nitrogens with zero attached hydrogens (tertiary/aromatic N) is 2. The molecular formula is C26H38N4O10. The molecule has 2 heterocycles. The smallest absolute Gasteiger partial charge is 0.355 e. The van der Waals surface area contributed by atoms with E-state index in [-0.39, 0.29) is 69.5 Å². The molecule has 0 saturated carbocycles. The van der Waals surface area contributed by atoms with Gasteiger partial charge in [0.2, 0.25) is 11.8 Å². The normalized spacial score (nSPS) is 17.3. The van der Waals surface area contributed by atoms with Gasteiger partial charge in [0.05, 0.1) is 6.10 Å². The zero-order chi connectivity index (χ0) is 29.7. The second-order valence-electron chi connectivity index (χ2n) is 9.84. The van der Waals surface area contributed by atoms with Crippen molar-refractivity contribution in [2.75, 3.05) is 19.7 Å². The topological polar surface area (TPSA) is 200 Å². The van der Waals surface area contributed by atoms with Gasteiger partial charge in [0.25, 0.3) is 23.6 Å². The van der Waals surface area contributed by atoms with Crippen LogP contribution in [-0.2, 0) is 38.4 Å². The Morgan fingerprint density at radius 2 is 1.57 bits per heavy atom. The summed E-state index contributed by atoms with van der Waals surface area (Å²) < 4.78 is 0. The largest absolute Gasteiger partial charge is 0.396 e. The SMILES string of the molecule is C[C@H](CO)[C@@H](O)CCCNC(=O)CC[C@H](NC(=O)CCCCCN1C(=O)C=CC1=O)C(=O)ON1C(=O)CCC1=O. The van der Waals surface area contributed by atoms with Gasteiger partial charge in [-0.25, -0.2) is 4.79 Å². The van der Waals surface area contributed by atoms with Crippen LogP contribution in [0.3, 0.4) is 0 Å². The lowest BCUT2D eigenvalue weighted by molar-refractivity contribution is -0.199. The van der Waals surface area contributed by atoms with E-state index < -0.39 is 41.7 Å². The minimum atomic E-state index is -1.29. The monoisotopic (exact) mass is 566 g/mol. The van der Waals surface area contributed by atoms with Crippen LogP contribution < -0.4 is 10.6 Å². The number of nitrogens with one attached hydrogen (secondary N) is 2. The second kappa shape index (κ2) is 16.5. The molecule has 14 nitrogen and oxygen atoms in total. The number of imide groups is 2. The van der Waals surface area contributed by atoms with Gasteiger partial charge in [0, 0.05) is 63.4 Å². The first-order chi connectivity index (χ1) is 19.0. The first-order valence-corrected chi connectivity index (χ1v) is 13.5. The summed E-state index contributed by atoms with van der Waals surface area (Å²) >= 11 is 0. The van der Waals surface area contributed by atoms with Gasteiger partial charge in [-0.05, 0) is 32.1 Å². The van der Waals surface area contributed by atoms with Crippen LogP contribution in [0.1, 0.15) is 71.1 Å². The summed E-state index contributed by atoms with van der Waals surface area (Å²) in [4.78, 5) is 90.3. The van der Waals surface area contributed by atoms with E-state index in [1.807, 2.05) is 0 Å². The first-order valence-electron chi connectivity index (χ1n) is 13.5. The van der Waals surface area contributed by atoms with E-state index in [1.54, 1.807) is 6.92 Å². The molecule has 2 aliphatic heterocycles. The third-order valence-corrected chi connectivity index (χ3v) is 6.60. The van der Waals surface area contributed by atoms with E-state index >= 15 is 0 Å². The highest BCUT2D eigenvalue weighted by Crippen LogP contribution is 2.14. The average molecular weight is 567 g/mol. The Morgan fingerprint density at radius 1 is 0.925 bits per heavy atom. The number of amides is 6. The summed E-state index contributed by atoms with van der Waals surface area (Å²) in [5.41, 5.74) is 0. The molecule has 3 atom stereocenters. The number of hydroxylamine groups is 2. The zero-order valence-electron chi connectivity index (χ0n) is 22.6. The van der Waals surface area contributed by atoms with Gasteiger partial charge in [-0.15, -0.1) is 5.06 Å². The molecule has 0 spiro atoms. The lowest BCUT2D eigenvalue weighted by atomic mass is 10.0. The lowest BCUT2D eigenvalue weighted by Crippen LogP contribution is -2.46. The minimum Gasteiger partial charge on any atom is -0.396 e. The maximum Gasteiger partial charge on any atom is 0.355 e. The summed E-state index contributed by atoms with van der Waals surface area (Å²) in [5.74, 6) is -4.36. The molecule has 1 fully saturated rings. The fraction of sp³-hybridized carbons (Fsp3) is 0.654. The van der Waals surface area contributed by atoms with Crippen molar-refractivity contribution in [3.63, 3.8) is 0 Å². The first kappa shape index (κ1) is 32.6. The standard InChI is InChI=1S/C26H38N4O10/c1-17(16-31)19(32)6-5-14-27-20(33)9-8-18(26(39)40-30-24(37)12-13-25(30)38)28-21(34)7-3-2-4-15-29-22(35)10-11-23(29)36/h10-11,17-19,31-32H,2-9,12-16H2,1H3,(H,27,33)(H,28,34)/t17-,18+,19+/m1/s1. The quantitative estimate of drug-likeness (QED) is 0.121. The van der Waals surface area contributed by atoms with Crippen molar-refractivity contribution >= 4 is 41.4 Å². The van der Waals surface area contributed by atoms with Crippen molar-refractivity contribution in [1.29, 1.82) is 0 Å². The van der Waals surface area contributed by atoms with Crippen molar-refractivity contribution in [3.8, 4) is 0 Å². The summed E-state index contributed by atoms with van der Waals surface area (Å²) in [6, 6.07) is -1.29. The van der Waals surface area contributed by atoms with Crippen LogP contribution in [0.25, 0.3) is 0 Å². The third-order valence-electron chi connectivity index (χ3n) is 6.60. The van der Waals surface area contributed by atoms with Crippen molar-refractivity contribution < 1.29 is 48.6 Å². The molecule has 0 aliphatic carbocycles. The van der Waals surface area contributed by atoms with Crippen molar-refractivity contribution in [2.45, 2.75) is 83.3 Å². The molecule has 4 N–H and O–H groups in total. The minimum absolute atomic E-state index is 0.0201. The predicted octanol–water partition coefficient (Wildman–Crippen LogP) is -0.770. The number of unbranched alkanes of at least 4 members (excludes halogenated alkanes) is 2. The van der Waals surface area contributed by atoms with Gasteiger partial charge in [-0.2, -0.15) is 0 Å². The molecule has 0 radical (unpaired) electrons. The van der Waals surface area contributed by atoms with Crippen molar-refractivity contribution in [1.82, 2.24) is 20.6 Å². The molecule has 222 valence electrons.